The Morgan fingerprint density at radius 3 is 2.78 bits per heavy atom. The molecule has 5 heteroatoms. The molecule has 0 aromatic heterocycles. The van der Waals surface area contributed by atoms with Crippen molar-refractivity contribution in [2.75, 3.05) is 13.2 Å². The average Bonchev–Trinajstić information content (AvgIpc) is 2.71. The molecule has 3 rings (SSSR count). The Kier molecular flexibility index (Phi) is 6.84. The van der Waals surface area contributed by atoms with Gasteiger partial charge in [-0.2, -0.15) is 0 Å². The molecule has 0 N–H and O–H groups in total. The van der Waals surface area contributed by atoms with Crippen LogP contribution in [-0.2, 0) is 9.47 Å². The molecule has 1 fully saturated rings. The molecule has 1 saturated heterocycles. The van der Waals surface area contributed by atoms with Crippen LogP contribution in [0.4, 0.5) is 4.39 Å². The van der Waals surface area contributed by atoms with Crippen LogP contribution < -0.4 is 4.74 Å². The number of esters is 1. The molecule has 0 aliphatic carbocycles. The van der Waals surface area contributed by atoms with Gasteiger partial charge in [0.15, 0.2) is 17.9 Å². The Hall–Kier alpha value is -2.84. The van der Waals surface area contributed by atoms with Crippen molar-refractivity contribution >= 4 is 5.97 Å². The predicted molar refractivity (Wildman–Crippen MR) is 98.8 cm³/mol. The maximum Gasteiger partial charge on any atom is 0.338 e. The van der Waals surface area contributed by atoms with Crippen LogP contribution in [0.3, 0.4) is 0 Å². The number of carbonyl (C=O) groups is 1. The SMILES string of the molecule is O=C(OCCC#Cc1ccc(OC2CCCCO2)c(F)c1)c1ccccc1. The Labute approximate surface area is 158 Å². The highest BCUT2D eigenvalue weighted by Gasteiger charge is 2.17. The first-order chi connectivity index (χ1) is 13.2. The third-order valence-electron chi connectivity index (χ3n) is 4.03. The van der Waals surface area contributed by atoms with Gasteiger partial charge in [0.05, 0.1) is 12.2 Å². The number of ether oxygens (including phenoxy) is 3. The molecular weight excluding hydrogens is 347 g/mol. The summed E-state index contributed by atoms with van der Waals surface area (Å²) in [4.78, 5) is 11.8. The Morgan fingerprint density at radius 1 is 1.19 bits per heavy atom. The van der Waals surface area contributed by atoms with Gasteiger partial charge in [0.25, 0.3) is 0 Å². The minimum absolute atomic E-state index is 0.171. The van der Waals surface area contributed by atoms with Crippen molar-refractivity contribution in [3.05, 3.63) is 65.5 Å². The van der Waals surface area contributed by atoms with E-state index in [-0.39, 0.29) is 24.6 Å². The smallest absolute Gasteiger partial charge is 0.338 e. The fraction of sp³-hybridized carbons (Fsp3) is 0.318. The Bertz CT molecular complexity index is 817. The third kappa shape index (κ3) is 5.83. The number of carbonyl (C=O) groups excluding carboxylic acids is 1. The standard InChI is InChI=1S/C22H21FO4/c23-19-16-17(12-13-20(19)27-21-11-5-7-14-25-21)8-4-6-15-26-22(24)18-9-2-1-3-10-18/h1-3,9-10,12-13,16,21H,5-7,11,14-15H2. The molecule has 0 saturated carbocycles. The third-order valence-corrected chi connectivity index (χ3v) is 4.03. The monoisotopic (exact) mass is 368 g/mol. The molecule has 0 amide bonds. The van der Waals surface area contributed by atoms with Crippen molar-refractivity contribution in [1.29, 1.82) is 0 Å². The highest BCUT2D eigenvalue weighted by Crippen LogP contribution is 2.23. The second kappa shape index (κ2) is 9.75. The van der Waals surface area contributed by atoms with Gasteiger partial charge >= 0.3 is 5.97 Å². The maximum absolute atomic E-state index is 14.2. The molecule has 1 unspecified atom stereocenters. The zero-order valence-corrected chi connectivity index (χ0v) is 14.9. The lowest BCUT2D eigenvalue weighted by atomic mass is 10.2. The van der Waals surface area contributed by atoms with E-state index in [1.54, 1.807) is 36.4 Å². The van der Waals surface area contributed by atoms with E-state index in [9.17, 15) is 9.18 Å². The van der Waals surface area contributed by atoms with E-state index in [0.29, 0.717) is 24.2 Å². The fourth-order valence-electron chi connectivity index (χ4n) is 2.64. The summed E-state index contributed by atoms with van der Waals surface area (Å²) in [5.41, 5.74) is 1.05. The molecule has 1 heterocycles. The average molecular weight is 368 g/mol. The van der Waals surface area contributed by atoms with Gasteiger partial charge in [-0.05, 0) is 43.2 Å². The summed E-state index contributed by atoms with van der Waals surface area (Å²) in [7, 11) is 0. The fourth-order valence-corrected chi connectivity index (χ4v) is 2.64. The Balaban J connectivity index is 1.47. The predicted octanol–water partition coefficient (Wildman–Crippen LogP) is 4.33. The van der Waals surface area contributed by atoms with Crippen molar-refractivity contribution in [2.24, 2.45) is 0 Å². The molecule has 27 heavy (non-hydrogen) atoms. The topological polar surface area (TPSA) is 44.8 Å². The second-order valence-corrected chi connectivity index (χ2v) is 6.11. The van der Waals surface area contributed by atoms with E-state index in [0.717, 1.165) is 19.3 Å². The lowest BCUT2D eigenvalue weighted by Gasteiger charge is -2.23. The normalized spacial score (nSPS) is 16.1. The molecule has 1 atom stereocenters. The first kappa shape index (κ1) is 18.9. The number of rotatable bonds is 5. The van der Waals surface area contributed by atoms with Crippen molar-refractivity contribution in [3.8, 4) is 17.6 Å². The number of benzene rings is 2. The molecule has 1 aliphatic rings. The molecule has 0 bridgehead atoms. The molecule has 0 spiro atoms. The Morgan fingerprint density at radius 2 is 2.04 bits per heavy atom. The summed E-state index contributed by atoms with van der Waals surface area (Å²) in [5, 5.41) is 0. The summed E-state index contributed by atoms with van der Waals surface area (Å²) in [6.07, 6.45) is 2.78. The summed E-state index contributed by atoms with van der Waals surface area (Å²) >= 11 is 0. The summed E-state index contributed by atoms with van der Waals surface area (Å²) < 4.78 is 30.3. The van der Waals surface area contributed by atoms with Crippen LogP contribution >= 0.6 is 0 Å². The minimum Gasteiger partial charge on any atom is -0.462 e. The zero-order valence-electron chi connectivity index (χ0n) is 14.9. The molecule has 2 aromatic carbocycles. The van der Waals surface area contributed by atoms with Crippen molar-refractivity contribution in [3.63, 3.8) is 0 Å². The van der Waals surface area contributed by atoms with Gasteiger partial charge in [0, 0.05) is 18.4 Å². The number of hydrogen-bond acceptors (Lipinski definition) is 4. The van der Waals surface area contributed by atoms with Crippen LogP contribution in [0.25, 0.3) is 0 Å². The lowest BCUT2D eigenvalue weighted by molar-refractivity contribution is -0.107. The molecule has 4 nitrogen and oxygen atoms in total. The summed E-state index contributed by atoms with van der Waals surface area (Å²) in [6.45, 7) is 0.827. The summed E-state index contributed by atoms with van der Waals surface area (Å²) in [5.74, 6) is 5.06. The summed E-state index contributed by atoms with van der Waals surface area (Å²) in [6, 6.07) is 13.4. The van der Waals surface area contributed by atoms with E-state index in [2.05, 4.69) is 11.8 Å². The first-order valence-electron chi connectivity index (χ1n) is 9.01. The van der Waals surface area contributed by atoms with Crippen LogP contribution in [0, 0.1) is 17.7 Å². The quantitative estimate of drug-likeness (QED) is 0.448. The maximum atomic E-state index is 14.2. The second-order valence-electron chi connectivity index (χ2n) is 6.11. The lowest BCUT2D eigenvalue weighted by Crippen LogP contribution is -2.25. The number of halogens is 1. The molecule has 2 aromatic rings. The van der Waals surface area contributed by atoms with Gasteiger partial charge in [-0.3, -0.25) is 0 Å². The molecule has 1 aliphatic heterocycles. The van der Waals surface area contributed by atoms with E-state index in [1.165, 1.54) is 6.07 Å². The molecule has 140 valence electrons. The molecule has 0 radical (unpaired) electrons. The van der Waals surface area contributed by atoms with E-state index in [4.69, 9.17) is 14.2 Å². The van der Waals surface area contributed by atoms with Crippen molar-refractivity contribution in [2.45, 2.75) is 32.0 Å². The number of hydrogen-bond donors (Lipinski definition) is 0. The minimum atomic E-state index is -0.466. The van der Waals surface area contributed by atoms with Gasteiger partial charge in [-0.25, -0.2) is 9.18 Å². The first-order valence-corrected chi connectivity index (χ1v) is 9.01. The highest BCUT2D eigenvalue weighted by molar-refractivity contribution is 5.89. The molecular formula is C22H21FO4. The zero-order chi connectivity index (χ0) is 18.9. The van der Waals surface area contributed by atoms with Gasteiger partial charge in [-0.1, -0.05) is 30.0 Å². The highest BCUT2D eigenvalue weighted by atomic mass is 19.1. The van der Waals surface area contributed by atoms with E-state index < -0.39 is 5.82 Å². The van der Waals surface area contributed by atoms with Crippen molar-refractivity contribution < 1.29 is 23.4 Å². The van der Waals surface area contributed by atoms with E-state index in [1.807, 2.05) is 6.07 Å². The van der Waals surface area contributed by atoms with Crippen LogP contribution in [0.1, 0.15) is 41.6 Å². The van der Waals surface area contributed by atoms with Crippen molar-refractivity contribution in [1.82, 2.24) is 0 Å². The van der Waals surface area contributed by atoms with Crippen LogP contribution in [0.2, 0.25) is 0 Å². The van der Waals surface area contributed by atoms with Crippen LogP contribution in [0.5, 0.6) is 5.75 Å². The van der Waals surface area contributed by atoms with Gasteiger partial charge in [0.2, 0.25) is 0 Å². The van der Waals surface area contributed by atoms with E-state index >= 15 is 0 Å². The van der Waals surface area contributed by atoms with Crippen LogP contribution in [-0.4, -0.2) is 25.5 Å². The van der Waals surface area contributed by atoms with Gasteiger partial charge in [-0.15, -0.1) is 0 Å². The van der Waals surface area contributed by atoms with Gasteiger partial charge in [0.1, 0.15) is 6.61 Å². The van der Waals surface area contributed by atoms with Gasteiger partial charge < -0.3 is 14.2 Å². The van der Waals surface area contributed by atoms with Crippen LogP contribution in [0.15, 0.2) is 48.5 Å². The largest absolute Gasteiger partial charge is 0.462 e.